The van der Waals surface area contributed by atoms with Gasteiger partial charge in [-0.15, -0.1) is 0 Å². The fourth-order valence-corrected chi connectivity index (χ4v) is 2.85. The summed E-state index contributed by atoms with van der Waals surface area (Å²) in [6, 6.07) is 4.59. The average molecular weight is 370 g/mol. The van der Waals surface area contributed by atoms with Crippen LogP contribution in [0.5, 0.6) is 0 Å². The normalized spacial score (nSPS) is 13.3. The summed E-state index contributed by atoms with van der Waals surface area (Å²) < 4.78 is 39.6. The number of hydrogen-bond acceptors (Lipinski definition) is 2. The van der Waals surface area contributed by atoms with Crippen LogP contribution in [0.15, 0.2) is 18.2 Å². The maximum Gasteiger partial charge on any atom is 0.418 e. The molecule has 1 aromatic rings. The third-order valence-corrected chi connectivity index (χ3v) is 4.59. The quantitative estimate of drug-likeness (QED) is 0.635. The Morgan fingerprint density at radius 2 is 2.00 bits per heavy atom. The lowest BCUT2D eigenvalue weighted by Gasteiger charge is -2.29. The van der Waals surface area contributed by atoms with Crippen LogP contribution in [0.2, 0.25) is 0 Å². The van der Waals surface area contributed by atoms with E-state index in [0.29, 0.717) is 10.9 Å². The molecular weight excluding hydrogens is 351 g/mol. The minimum atomic E-state index is -4.33. The van der Waals surface area contributed by atoms with Crippen molar-refractivity contribution in [2.24, 2.45) is 0 Å². The highest BCUT2D eigenvalue weighted by Crippen LogP contribution is 2.38. The molecule has 0 radical (unpaired) electrons. The molecule has 0 saturated carbocycles. The Hall–Kier alpha value is -0.360. The second-order valence-corrected chi connectivity index (χ2v) is 6.27. The fourth-order valence-electron chi connectivity index (χ4n) is 1.92. The van der Waals surface area contributed by atoms with Crippen molar-refractivity contribution < 1.29 is 13.2 Å². The summed E-state index contributed by atoms with van der Waals surface area (Å²) in [5, 5.41) is 0.419. The second kappa shape index (κ2) is 7.59. The maximum absolute atomic E-state index is 13.2. The van der Waals surface area contributed by atoms with Gasteiger partial charge in [0.1, 0.15) is 0 Å². The lowest BCUT2D eigenvalue weighted by Crippen LogP contribution is -2.31. The minimum absolute atomic E-state index is 0.0679. The minimum Gasteiger partial charge on any atom is -0.371 e. The number of thioether (sulfide) groups is 1. The topological polar surface area (TPSA) is 3.24 Å². The molecule has 0 aliphatic carbocycles. The smallest absolute Gasteiger partial charge is 0.371 e. The van der Waals surface area contributed by atoms with Crippen molar-refractivity contribution in [3.05, 3.63) is 29.3 Å². The molecule has 0 aromatic heterocycles. The van der Waals surface area contributed by atoms with E-state index < -0.39 is 11.7 Å². The Labute approximate surface area is 131 Å². The molecule has 0 spiro atoms. The van der Waals surface area contributed by atoms with Gasteiger partial charge in [0.25, 0.3) is 0 Å². The van der Waals surface area contributed by atoms with Crippen molar-refractivity contribution in [1.29, 1.82) is 0 Å². The van der Waals surface area contributed by atoms with Gasteiger partial charge >= 0.3 is 6.18 Å². The number of hydrogen-bond donors (Lipinski definition) is 0. The zero-order chi connectivity index (χ0) is 15.3. The van der Waals surface area contributed by atoms with E-state index >= 15 is 0 Å². The highest BCUT2D eigenvalue weighted by atomic mass is 79.9. The van der Waals surface area contributed by atoms with E-state index in [2.05, 4.69) is 15.9 Å². The standard InChI is InChI=1S/C14H19BrF3NS/c1-10(6-7-20-3)19(2)13-5-4-11(9-15)8-12(13)14(16,17)18/h4-5,8,10H,6-7,9H2,1-3H3. The summed E-state index contributed by atoms with van der Waals surface area (Å²) in [5.41, 5.74) is 0.315. The van der Waals surface area contributed by atoms with E-state index in [0.717, 1.165) is 12.2 Å². The molecule has 1 aromatic carbocycles. The number of anilines is 1. The van der Waals surface area contributed by atoms with Crippen LogP contribution in [0, 0.1) is 0 Å². The van der Waals surface area contributed by atoms with Crippen LogP contribution in [-0.4, -0.2) is 25.1 Å². The highest BCUT2D eigenvalue weighted by molar-refractivity contribution is 9.08. The zero-order valence-electron chi connectivity index (χ0n) is 11.8. The Balaban J connectivity index is 3.10. The molecule has 0 heterocycles. The van der Waals surface area contributed by atoms with Crippen LogP contribution in [-0.2, 0) is 11.5 Å². The largest absolute Gasteiger partial charge is 0.418 e. The lowest BCUT2D eigenvalue weighted by molar-refractivity contribution is -0.137. The number of benzene rings is 1. The molecule has 0 saturated heterocycles. The zero-order valence-corrected chi connectivity index (χ0v) is 14.2. The third kappa shape index (κ3) is 4.58. The SMILES string of the molecule is CSCCC(C)N(C)c1ccc(CBr)cc1C(F)(F)F. The molecule has 0 amide bonds. The van der Waals surface area contributed by atoms with Gasteiger partial charge in [-0.05, 0) is 43.0 Å². The van der Waals surface area contributed by atoms with E-state index in [4.69, 9.17) is 0 Å². The van der Waals surface area contributed by atoms with Crippen LogP contribution in [0.4, 0.5) is 18.9 Å². The first-order chi connectivity index (χ1) is 9.31. The van der Waals surface area contributed by atoms with Crippen LogP contribution in [0.1, 0.15) is 24.5 Å². The number of rotatable bonds is 6. The van der Waals surface area contributed by atoms with E-state index in [1.807, 2.05) is 13.2 Å². The van der Waals surface area contributed by atoms with Crippen molar-refractivity contribution in [2.75, 3.05) is 24.0 Å². The van der Waals surface area contributed by atoms with Gasteiger partial charge in [-0.2, -0.15) is 24.9 Å². The monoisotopic (exact) mass is 369 g/mol. The average Bonchev–Trinajstić information content (AvgIpc) is 2.42. The lowest BCUT2D eigenvalue weighted by atomic mass is 10.1. The Bertz CT molecular complexity index is 437. The number of halogens is 4. The molecule has 1 unspecified atom stereocenters. The first kappa shape index (κ1) is 17.7. The van der Waals surface area contributed by atoms with Gasteiger partial charge < -0.3 is 4.90 Å². The number of alkyl halides is 4. The molecular formula is C14H19BrF3NS. The van der Waals surface area contributed by atoms with Crippen LogP contribution < -0.4 is 4.90 Å². The molecule has 0 N–H and O–H groups in total. The first-order valence-corrected chi connectivity index (χ1v) is 8.80. The summed E-state index contributed by atoms with van der Waals surface area (Å²) in [7, 11) is 1.73. The van der Waals surface area contributed by atoms with Gasteiger partial charge in [-0.25, -0.2) is 0 Å². The third-order valence-electron chi connectivity index (χ3n) is 3.30. The molecule has 1 atom stereocenters. The van der Waals surface area contributed by atoms with Crippen LogP contribution in [0.3, 0.4) is 0 Å². The Kier molecular flexibility index (Phi) is 6.72. The van der Waals surface area contributed by atoms with Gasteiger partial charge in [0.15, 0.2) is 0 Å². The maximum atomic E-state index is 13.2. The molecule has 1 rings (SSSR count). The van der Waals surface area contributed by atoms with Crippen molar-refractivity contribution >= 4 is 33.4 Å². The Morgan fingerprint density at radius 1 is 1.35 bits per heavy atom. The molecule has 6 heteroatoms. The van der Waals surface area contributed by atoms with E-state index in [9.17, 15) is 13.2 Å². The van der Waals surface area contributed by atoms with Crippen LogP contribution >= 0.6 is 27.7 Å². The predicted molar refractivity (Wildman–Crippen MR) is 84.9 cm³/mol. The van der Waals surface area contributed by atoms with Gasteiger partial charge in [0.2, 0.25) is 0 Å². The Morgan fingerprint density at radius 3 is 2.50 bits per heavy atom. The summed E-state index contributed by atoms with van der Waals surface area (Å²) in [6.07, 6.45) is -1.48. The van der Waals surface area contributed by atoms with Gasteiger partial charge in [0.05, 0.1) is 5.56 Å². The van der Waals surface area contributed by atoms with Crippen LogP contribution in [0.25, 0.3) is 0 Å². The summed E-state index contributed by atoms with van der Waals surface area (Å²) in [4.78, 5) is 1.72. The van der Waals surface area contributed by atoms with Gasteiger partial charge in [-0.3, -0.25) is 0 Å². The van der Waals surface area contributed by atoms with Crippen molar-refractivity contribution in [1.82, 2.24) is 0 Å². The van der Waals surface area contributed by atoms with E-state index in [1.165, 1.54) is 6.07 Å². The fraction of sp³-hybridized carbons (Fsp3) is 0.571. The van der Waals surface area contributed by atoms with Crippen molar-refractivity contribution in [2.45, 2.75) is 30.9 Å². The summed E-state index contributed by atoms with van der Waals surface area (Å²) in [6.45, 7) is 1.95. The highest BCUT2D eigenvalue weighted by Gasteiger charge is 2.35. The molecule has 0 aliphatic heterocycles. The van der Waals surface area contributed by atoms with E-state index in [-0.39, 0.29) is 11.7 Å². The molecule has 114 valence electrons. The molecule has 0 fully saturated rings. The van der Waals surface area contributed by atoms with Crippen molar-refractivity contribution in [3.63, 3.8) is 0 Å². The first-order valence-electron chi connectivity index (χ1n) is 6.29. The summed E-state index contributed by atoms with van der Waals surface area (Å²) in [5.74, 6) is 0.937. The van der Waals surface area contributed by atoms with Gasteiger partial charge in [-0.1, -0.05) is 22.0 Å². The second-order valence-electron chi connectivity index (χ2n) is 4.72. The molecule has 0 aliphatic rings. The molecule has 20 heavy (non-hydrogen) atoms. The molecule has 1 nitrogen and oxygen atoms in total. The molecule has 0 bridgehead atoms. The summed E-state index contributed by atoms with van der Waals surface area (Å²) >= 11 is 4.90. The van der Waals surface area contributed by atoms with Gasteiger partial charge in [0, 0.05) is 24.1 Å². The predicted octanol–water partition coefficient (Wildman–Crippen LogP) is 5.18. The van der Waals surface area contributed by atoms with Crippen molar-refractivity contribution in [3.8, 4) is 0 Å². The van der Waals surface area contributed by atoms with E-state index in [1.54, 1.807) is 35.8 Å². The number of nitrogens with zero attached hydrogens (tertiary/aromatic N) is 1.